The number of carboxylic acid groups (broad SMARTS) is 1. The van der Waals surface area contributed by atoms with Gasteiger partial charge >= 0.3 is 5.97 Å². The van der Waals surface area contributed by atoms with Gasteiger partial charge < -0.3 is 5.11 Å². The van der Waals surface area contributed by atoms with Gasteiger partial charge in [0, 0.05) is 11.4 Å². The molecular weight excluding hydrogens is 224 g/mol. The molecule has 2 nitrogen and oxygen atoms in total. The number of carbonyl (C=O) groups is 1. The second kappa shape index (κ2) is 4.46. The predicted octanol–water partition coefficient (Wildman–Crippen LogP) is 3.48. The molecule has 0 saturated heterocycles. The molecule has 86 valence electrons. The molecule has 0 radical (unpaired) electrons. The van der Waals surface area contributed by atoms with Crippen LogP contribution in [0.15, 0.2) is 18.2 Å². The highest BCUT2D eigenvalue weighted by molar-refractivity contribution is 6.30. The molecule has 1 N–H and O–H groups in total. The Bertz CT molecular complexity index is 414. The maximum atomic E-state index is 10.8. The van der Waals surface area contributed by atoms with Crippen LogP contribution < -0.4 is 0 Å². The molecule has 2 atom stereocenters. The van der Waals surface area contributed by atoms with Crippen LogP contribution >= 0.6 is 11.6 Å². The Kier molecular flexibility index (Phi) is 3.20. The largest absolute Gasteiger partial charge is 0.481 e. The second-order valence-corrected chi connectivity index (χ2v) is 4.96. The van der Waals surface area contributed by atoms with Crippen LogP contribution in [0.1, 0.15) is 36.8 Å². The summed E-state index contributed by atoms with van der Waals surface area (Å²) in [5.41, 5.74) is 2.54. The molecule has 3 heteroatoms. The average Bonchev–Trinajstić information content (AvgIpc) is 2.22. The van der Waals surface area contributed by atoms with E-state index in [0.29, 0.717) is 5.92 Å². The molecule has 0 aliphatic heterocycles. The Labute approximate surface area is 100 Å². The minimum Gasteiger partial charge on any atom is -0.481 e. The molecule has 1 aromatic rings. The van der Waals surface area contributed by atoms with Gasteiger partial charge in [0.1, 0.15) is 0 Å². The average molecular weight is 239 g/mol. The van der Waals surface area contributed by atoms with E-state index in [1.54, 1.807) is 0 Å². The third-order valence-corrected chi connectivity index (χ3v) is 3.76. The highest BCUT2D eigenvalue weighted by atomic mass is 35.5. The molecule has 2 rings (SSSR count). The van der Waals surface area contributed by atoms with Crippen molar-refractivity contribution in [2.75, 3.05) is 0 Å². The van der Waals surface area contributed by atoms with Crippen molar-refractivity contribution in [3.05, 3.63) is 34.3 Å². The smallest absolute Gasteiger partial charge is 0.303 e. The molecule has 0 saturated carbocycles. The lowest BCUT2D eigenvalue weighted by Crippen LogP contribution is -2.21. The van der Waals surface area contributed by atoms with Crippen LogP contribution in [0.2, 0.25) is 5.02 Å². The fourth-order valence-corrected chi connectivity index (χ4v) is 2.78. The summed E-state index contributed by atoms with van der Waals surface area (Å²) in [4.78, 5) is 10.8. The van der Waals surface area contributed by atoms with E-state index in [2.05, 4.69) is 6.92 Å². The van der Waals surface area contributed by atoms with E-state index in [0.717, 1.165) is 17.9 Å². The predicted molar refractivity (Wildman–Crippen MR) is 63.9 cm³/mol. The Morgan fingerprint density at radius 3 is 3.00 bits per heavy atom. The Hall–Kier alpha value is -1.02. The molecule has 0 aromatic heterocycles. The summed E-state index contributed by atoms with van der Waals surface area (Å²) in [6.07, 6.45) is 2.15. The number of halogens is 1. The Balaban J connectivity index is 2.25. The third kappa shape index (κ3) is 2.22. The van der Waals surface area contributed by atoms with Crippen molar-refractivity contribution in [2.24, 2.45) is 5.92 Å². The van der Waals surface area contributed by atoms with Crippen molar-refractivity contribution in [1.82, 2.24) is 0 Å². The number of aliphatic carboxylic acids is 1. The van der Waals surface area contributed by atoms with Crippen LogP contribution in [-0.4, -0.2) is 11.1 Å². The second-order valence-electron chi connectivity index (χ2n) is 4.53. The van der Waals surface area contributed by atoms with E-state index in [4.69, 9.17) is 16.7 Å². The van der Waals surface area contributed by atoms with Gasteiger partial charge in [-0.3, -0.25) is 4.79 Å². The van der Waals surface area contributed by atoms with Crippen LogP contribution in [0, 0.1) is 5.92 Å². The summed E-state index contributed by atoms with van der Waals surface area (Å²) in [5.74, 6) is -0.127. The fourth-order valence-electron chi connectivity index (χ4n) is 2.58. The lowest BCUT2D eigenvalue weighted by atomic mass is 9.75. The quantitative estimate of drug-likeness (QED) is 0.857. The zero-order chi connectivity index (χ0) is 11.7. The molecule has 0 heterocycles. The minimum absolute atomic E-state index is 0.256. The summed E-state index contributed by atoms with van der Waals surface area (Å²) < 4.78 is 0. The van der Waals surface area contributed by atoms with E-state index in [1.807, 2.05) is 18.2 Å². The van der Waals surface area contributed by atoms with Crippen molar-refractivity contribution in [3.63, 3.8) is 0 Å². The van der Waals surface area contributed by atoms with Crippen LogP contribution in [-0.2, 0) is 11.2 Å². The lowest BCUT2D eigenvalue weighted by molar-refractivity contribution is -0.138. The Morgan fingerprint density at radius 2 is 2.31 bits per heavy atom. The van der Waals surface area contributed by atoms with Crippen molar-refractivity contribution >= 4 is 17.6 Å². The van der Waals surface area contributed by atoms with Gasteiger partial charge in [-0.2, -0.15) is 0 Å². The van der Waals surface area contributed by atoms with Crippen molar-refractivity contribution in [2.45, 2.75) is 32.1 Å². The SMILES string of the molecule is CC1c2ccc(Cl)cc2CCC1CC(=O)O. The standard InChI is InChI=1S/C13H15ClO2/c1-8-9(7-13(15)16)2-3-10-6-11(14)4-5-12(8)10/h4-6,8-9H,2-3,7H2,1H3,(H,15,16). The van der Waals surface area contributed by atoms with Crippen molar-refractivity contribution < 1.29 is 9.90 Å². The highest BCUT2D eigenvalue weighted by Gasteiger charge is 2.27. The first-order chi connectivity index (χ1) is 7.58. The number of aryl methyl sites for hydroxylation is 1. The van der Waals surface area contributed by atoms with Gasteiger partial charge in [0.2, 0.25) is 0 Å². The van der Waals surface area contributed by atoms with E-state index in [-0.39, 0.29) is 12.3 Å². The molecule has 1 aliphatic carbocycles. The summed E-state index contributed by atoms with van der Waals surface area (Å²) >= 11 is 5.95. The first-order valence-corrected chi connectivity index (χ1v) is 5.96. The Morgan fingerprint density at radius 1 is 1.56 bits per heavy atom. The number of hydrogen-bond acceptors (Lipinski definition) is 1. The zero-order valence-electron chi connectivity index (χ0n) is 9.24. The van der Waals surface area contributed by atoms with Gasteiger partial charge in [0.15, 0.2) is 0 Å². The van der Waals surface area contributed by atoms with Gasteiger partial charge in [0.25, 0.3) is 0 Å². The maximum absolute atomic E-state index is 10.8. The first kappa shape index (κ1) is 11.5. The van der Waals surface area contributed by atoms with Crippen LogP contribution in [0.4, 0.5) is 0 Å². The van der Waals surface area contributed by atoms with Crippen LogP contribution in [0.5, 0.6) is 0 Å². The molecule has 0 spiro atoms. The van der Waals surface area contributed by atoms with E-state index < -0.39 is 5.97 Å². The summed E-state index contributed by atoms with van der Waals surface area (Å²) in [6, 6.07) is 5.93. The monoisotopic (exact) mass is 238 g/mol. The van der Waals surface area contributed by atoms with E-state index >= 15 is 0 Å². The van der Waals surface area contributed by atoms with Gasteiger partial charge in [-0.15, -0.1) is 0 Å². The maximum Gasteiger partial charge on any atom is 0.303 e. The molecule has 1 aromatic carbocycles. The van der Waals surface area contributed by atoms with Gasteiger partial charge in [-0.05, 0) is 47.9 Å². The number of hydrogen-bond donors (Lipinski definition) is 1. The molecule has 0 amide bonds. The number of benzene rings is 1. The van der Waals surface area contributed by atoms with Gasteiger partial charge in [-0.1, -0.05) is 24.6 Å². The van der Waals surface area contributed by atoms with E-state index in [1.165, 1.54) is 11.1 Å². The zero-order valence-corrected chi connectivity index (χ0v) is 10.00. The minimum atomic E-state index is -0.700. The fraction of sp³-hybridized carbons (Fsp3) is 0.462. The summed E-state index contributed by atoms with van der Waals surface area (Å²) in [7, 11) is 0. The molecule has 16 heavy (non-hydrogen) atoms. The molecule has 0 bridgehead atoms. The van der Waals surface area contributed by atoms with Crippen molar-refractivity contribution in [1.29, 1.82) is 0 Å². The summed E-state index contributed by atoms with van der Waals surface area (Å²) in [6.45, 7) is 2.11. The van der Waals surface area contributed by atoms with Crippen molar-refractivity contribution in [3.8, 4) is 0 Å². The highest BCUT2D eigenvalue weighted by Crippen LogP contribution is 2.38. The lowest BCUT2D eigenvalue weighted by Gasteiger charge is -2.30. The number of carboxylic acids is 1. The van der Waals surface area contributed by atoms with Crippen LogP contribution in [0.3, 0.4) is 0 Å². The number of rotatable bonds is 2. The molecule has 2 unspecified atom stereocenters. The number of fused-ring (bicyclic) bond motifs is 1. The third-order valence-electron chi connectivity index (χ3n) is 3.52. The van der Waals surface area contributed by atoms with Gasteiger partial charge in [0.05, 0.1) is 0 Å². The van der Waals surface area contributed by atoms with Gasteiger partial charge in [-0.25, -0.2) is 0 Å². The topological polar surface area (TPSA) is 37.3 Å². The normalized spacial score (nSPS) is 23.9. The molecule has 1 aliphatic rings. The first-order valence-electron chi connectivity index (χ1n) is 5.58. The summed E-state index contributed by atoms with van der Waals surface area (Å²) in [5, 5.41) is 9.62. The molecule has 0 fully saturated rings. The van der Waals surface area contributed by atoms with Crippen LogP contribution in [0.25, 0.3) is 0 Å². The molecular formula is C13H15ClO2. The van der Waals surface area contributed by atoms with E-state index in [9.17, 15) is 4.79 Å².